The van der Waals surface area contributed by atoms with E-state index in [2.05, 4.69) is 0 Å². The zero-order valence-corrected chi connectivity index (χ0v) is 14.2. The second-order valence-electron chi connectivity index (χ2n) is 4.52. The number of carbonyl (C=O) groups is 1. The third-order valence-electron chi connectivity index (χ3n) is 3.29. The van der Waals surface area contributed by atoms with Gasteiger partial charge in [0.15, 0.2) is 11.5 Å². The SMILES string of the molecule is COC(=O)c1sc(CO)cc1-c1cc(OC)c(OC)c(OC)c1. The molecule has 7 heteroatoms. The highest BCUT2D eigenvalue weighted by molar-refractivity contribution is 7.14. The number of hydrogen-bond acceptors (Lipinski definition) is 7. The maximum atomic E-state index is 12.0. The van der Waals surface area contributed by atoms with Crippen molar-refractivity contribution in [1.82, 2.24) is 0 Å². The molecule has 0 spiro atoms. The molecule has 0 amide bonds. The van der Waals surface area contributed by atoms with E-state index in [4.69, 9.17) is 18.9 Å². The molecule has 124 valence electrons. The Balaban J connectivity index is 2.66. The summed E-state index contributed by atoms with van der Waals surface area (Å²) in [5.74, 6) is 0.971. The molecule has 6 nitrogen and oxygen atoms in total. The van der Waals surface area contributed by atoms with Crippen LogP contribution in [0.3, 0.4) is 0 Å². The molecule has 0 radical (unpaired) electrons. The van der Waals surface area contributed by atoms with Gasteiger partial charge in [-0.3, -0.25) is 0 Å². The lowest BCUT2D eigenvalue weighted by molar-refractivity contribution is 0.0607. The Kier molecular flexibility index (Phi) is 5.46. The summed E-state index contributed by atoms with van der Waals surface area (Å²) in [4.78, 5) is 13.1. The van der Waals surface area contributed by atoms with Crippen LogP contribution in [-0.4, -0.2) is 39.5 Å². The predicted molar refractivity (Wildman–Crippen MR) is 86.7 cm³/mol. The summed E-state index contributed by atoms with van der Waals surface area (Å²) < 4.78 is 20.8. The Morgan fingerprint density at radius 3 is 2.09 bits per heavy atom. The second-order valence-corrected chi connectivity index (χ2v) is 5.66. The zero-order valence-electron chi connectivity index (χ0n) is 13.3. The van der Waals surface area contributed by atoms with Crippen LogP contribution in [0, 0.1) is 0 Å². The van der Waals surface area contributed by atoms with Crippen LogP contribution in [0.1, 0.15) is 14.5 Å². The minimum absolute atomic E-state index is 0.154. The summed E-state index contributed by atoms with van der Waals surface area (Å²) in [6.45, 7) is -0.154. The molecular weight excluding hydrogens is 320 g/mol. The van der Waals surface area contributed by atoms with Gasteiger partial charge in [0.05, 0.1) is 35.0 Å². The number of aliphatic hydroxyl groups is 1. The van der Waals surface area contributed by atoms with Gasteiger partial charge in [-0.1, -0.05) is 0 Å². The Morgan fingerprint density at radius 2 is 1.65 bits per heavy atom. The lowest BCUT2D eigenvalue weighted by atomic mass is 10.0. The van der Waals surface area contributed by atoms with Gasteiger partial charge >= 0.3 is 5.97 Å². The molecule has 1 aromatic heterocycles. The predicted octanol–water partition coefficient (Wildman–Crippen LogP) is 2.72. The number of methoxy groups -OCH3 is 4. The van der Waals surface area contributed by atoms with Crippen molar-refractivity contribution in [1.29, 1.82) is 0 Å². The van der Waals surface area contributed by atoms with Crippen LogP contribution in [0.15, 0.2) is 18.2 Å². The summed E-state index contributed by atoms with van der Waals surface area (Å²) >= 11 is 1.19. The van der Waals surface area contributed by atoms with E-state index in [0.717, 1.165) is 0 Å². The molecule has 0 atom stereocenters. The van der Waals surface area contributed by atoms with Gasteiger partial charge in [-0.25, -0.2) is 4.79 Å². The number of ether oxygens (including phenoxy) is 4. The lowest BCUT2D eigenvalue weighted by Gasteiger charge is -2.14. The van der Waals surface area contributed by atoms with E-state index >= 15 is 0 Å². The first-order valence-corrected chi connectivity index (χ1v) is 7.53. The van der Waals surface area contributed by atoms with Gasteiger partial charge in [0.1, 0.15) is 4.88 Å². The molecule has 1 heterocycles. The average Bonchev–Trinajstić information content (AvgIpc) is 3.04. The normalized spacial score (nSPS) is 10.3. The van der Waals surface area contributed by atoms with Crippen LogP contribution in [0.5, 0.6) is 17.2 Å². The Bertz CT molecular complexity index is 682. The van der Waals surface area contributed by atoms with E-state index < -0.39 is 5.97 Å². The van der Waals surface area contributed by atoms with Crippen molar-refractivity contribution in [2.75, 3.05) is 28.4 Å². The van der Waals surface area contributed by atoms with Gasteiger partial charge in [-0.15, -0.1) is 11.3 Å². The van der Waals surface area contributed by atoms with Crippen LogP contribution in [0.2, 0.25) is 0 Å². The lowest BCUT2D eigenvalue weighted by Crippen LogP contribution is -2.00. The van der Waals surface area contributed by atoms with Crippen LogP contribution in [0.25, 0.3) is 11.1 Å². The average molecular weight is 338 g/mol. The molecule has 0 fully saturated rings. The number of aliphatic hydroxyl groups excluding tert-OH is 1. The third kappa shape index (κ3) is 3.25. The van der Waals surface area contributed by atoms with Crippen molar-refractivity contribution in [2.45, 2.75) is 6.61 Å². The molecule has 0 aliphatic rings. The molecule has 1 N–H and O–H groups in total. The first kappa shape index (κ1) is 17.1. The highest BCUT2D eigenvalue weighted by Gasteiger charge is 2.21. The van der Waals surface area contributed by atoms with Crippen LogP contribution >= 0.6 is 11.3 Å². The highest BCUT2D eigenvalue weighted by atomic mass is 32.1. The van der Waals surface area contributed by atoms with E-state index in [-0.39, 0.29) is 6.61 Å². The standard InChI is InChI=1S/C16H18O6S/c1-19-12-5-9(6-13(20-2)14(12)21-3)11-7-10(8-17)23-15(11)16(18)22-4/h5-7,17H,8H2,1-4H3. The Morgan fingerprint density at radius 1 is 1.04 bits per heavy atom. The summed E-state index contributed by atoms with van der Waals surface area (Å²) in [5, 5.41) is 9.35. The third-order valence-corrected chi connectivity index (χ3v) is 4.39. The van der Waals surface area contributed by atoms with Crippen molar-refractivity contribution in [3.8, 4) is 28.4 Å². The number of thiophene rings is 1. The maximum absolute atomic E-state index is 12.0. The van der Waals surface area contributed by atoms with Crippen LogP contribution in [-0.2, 0) is 11.3 Å². The molecule has 2 aromatic rings. The van der Waals surface area contributed by atoms with Crippen LogP contribution < -0.4 is 14.2 Å². The van der Waals surface area contributed by atoms with Crippen LogP contribution in [0.4, 0.5) is 0 Å². The second kappa shape index (κ2) is 7.34. The summed E-state index contributed by atoms with van der Waals surface area (Å²) in [5.41, 5.74) is 1.35. The number of esters is 1. The van der Waals surface area contributed by atoms with E-state index in [1.807, 2.05) is 0 Å². The minimum atomic E-state index is -0.460. The molecule has 0 aliphatic carbocycles. The first-order valence-electron chi connectivity index (χ1n) is 6.71. The molecular formula is C16H18O6S. The van der Waals surface area contributed by atoms with Gasteiger partial charge in [0, 0.05) is 10.4 Å². The maximum Gasteiger partial charge on any atom is 0.348 e. The van der Waals surface area contributed by atoms with Gasteiger partial charge < -0.3 is 24.1 Å². The summed E-state index contributed by atoms with van der Waals surface area (Å²) in [6.07, 6.45) is 0. The number of carbonyl (C=O) groups excluding carboxylic acids is 1. The molecule has 0 bridgehead atoms. The molecule has 0 saturated heterocycles. The largest absolute Gasteiger partial charge is 0.493 e. The fraction of sp³-hybridized carbons (Fsp3) is 0.312. The van der Waals surface area contributed by atoms with Crippen molar-refractivity contribution < 1.29 is 28.8 Å². The Labute approximate surface area is 138 Å². The summed E-state index contributed by atoms with van der Waals surface area (Å²) in [6, 6.07) is 5.24. The van der Waals surface area contributed by atoms with E-state index in [1.165, 1.54) is 39.8 Å². The van der Waals surface area contributed by atoms with Crippen molar-refractivity contribution in [3.63, 3.8) is 0 Å². The molecule has 0 saturated carbocycles. The zero-order chi connectivity index (χ0) is 17.0. The van der Waals surface area contributed by atoms with Gasteiger partial charge in [0.25, 0.3) is 0 Å². The fourth-order valence-electron chi connectivity index (χ4n) is 2.22. The van der Waals surface area contributed by atoms with Crippen molar-refractivity contribution in [3.05, 3.63) is 28.0 Å². The van der Waals surface area contributed by atoms with Crippen molar-refractivity contribution in [2.24, 2.45) is 0 Å². The van der Waals surface area contributed by atoms with Crippen molar-refractivity contribution >= 4 is 17.3 Å². The molecule has 0 unspecified atom stereocenters. The molecule has 23 heavy (non-hydrogen) atoms. The monoisotopic (exact) mass is 338 g/mol. The minimum Gasteiger partial charge on any atom is -0.493 e. The van der Waals surface area contributed by atoms with E-state index in [1.54, 1.807) is 18.2 Å². The smallest absolute Gasteiger partial charge is 0.348 e. The molecule has 0 aliphatic heterocycles. The first-order chi connectivity index (χ1) is 11.1. The molecule has 1 aromatic carbocycles. The Hall–Kier alpha value is -2.25. The summed E-state index contributed by atoms with van der Waals surface area (Å²) in [7, 11) is 5.89. The number of hydrogen-bond donors (Lipinski definition) is 1. The molecule has 2 rings (SSSR count). The van der Waals surface area contributed by atoms with Gasteiger partial charge in [-0.2, -0.15) is 0 Å². The highest BCUT2D eigenvalue weighted by Crippen LogP contribution is 2.43. The number of benzene rings is 1. The quantitative estimate of drug-likeness (QED) is 0.817. The fourth-order valence-corrected chi connectivity index (χ4v) is 3.17. The van der Waals surface area contributed by atoms with E-state index in [0.29, 0.717) is 38.1 Å². The van der Waals surface area contributed by atoms with Gasteiger partial charge in [-0.05, 0) is 23.8 Å². The number of rotatable bonds is 6. The van der Waals surface area contributed by atoms with E-state index in [9.17, 15) is 9.90 Å². The van der Waals surface area contributed by atoms with Gasteiger partial charge in [0.2, 0.25) is 5.75 Å². The topological polar surface area (TPSA) is 74.2 Å².